The minimum absolute atomic E-state index is 0.0554. The molecule has 1 aliphatic rings. The van der Waals surface area contributed by atoms with Crippen LogP contribution in [0.5, 0.6) is 0 Å². The van der Waals surface area contributed by atoms with Gasteiger partial charge in [0.2, 0.25) is 10.0 Å². The lowest BCUT2D eigenvalue weighted by Crippen LogP contribution is -2.45. The number of sulfonamides is 1. The Labute approximate surface area is 123 Å². The Morgan fingerprint density at radius 2 is 1.95 bits per heavy atom. The first-order valence-electron chi connectivity index (χ1n) is 6.85. The summed E-state index contributed by atoms with van der Waals surface area (Å²) in [7, 11) is -3.85. The van der Waals surface area contributed by atoms with Crippen molar-refractivity contribution >= 4 is 16.0 Å². The molecule has 0 bridgehead atoms. The van der Waals surface area contributed by atoms with E-state index in [0.717, 1.165) is 18.9 Å². The van der Waals surface area contributed by atoms with Gasteiger partial charge >= 0.3 is 5.97 Å². The Kier molecular flexibility index (Phi) is 4.65. The predicted octanol–water partition coefficient (Wildman–Crippen LogP) is 1.28. The van der Waals surface area contributed by atoms with Gasteiger partial charge in [-0.05, 0) is 37.5 Å². The monoisotopic (exact) mass is 313 g/mol. The van der Waals surface area contributed by atoms with Gasteiger partial charge in [-0.1, -0.05) is 18.9 Å². The number of hydrogen-bond donors (Lipinski definition) is 3. The van der Waals surface area contributed by atoms with Gasteiger partial charge in [0.1, 0.15) is 0 Å². The van der Waals surface area contributed by atoms with E-state index in [1.165, 1.54) is 12.1 Å². The van der Waals surface area contributed by atoms with Gasteiger partial charge in [0.15, 0.2) is 0 Å². The summed E-state index contributed by atoms with van der Waals surface area (Å²) >= 11 is 0. The molecule has 1 aromatic carbocycles. The number of carbonyl (C=O) groups is 1. The minimum Gasteiger partial charge on any atom is -0.478 e. The highest BCUT2D eigenvalue weighted by Crippen LogP contribution is 2.22. The van der Waals surface area contributed by atoms with Crippen LogP contribution in [0.4, 0.5) is 0 Å². The van der Waals surface area contributed by atoms with Gasteiger partial charge in [0, 0.05) is 6.04 Å². The van der Waals surface area contributed by atoms with Crippen LogP contribution in [0.15, 0.2) is 23.1 Å². The van der Waals surface area contributed by atoms with Crippen LogP contribution in [-0.2, 0) is 10.0 Å². The van der Waals surface area contributed by atoms with Crippen LogP contribution in [0.2, 0.25) is 0 Å². The molecule has 0 heterocycles. The van der Waals surface area contributed by atoms with Crippen molar-refractivity contribution in [2.75, 3.05) is 0 Å². The smallest absolute Gasteiger partial charge is 0.335 e. The number of nitrogens with one attached hydrogen (secondary N) is 1. The zero-order valence-electron chi connectivity index (χ0n) is 11.7. The molecule has 0 radical (unpaired) electrons. The quantitative estimate of drug-likeness (QED) is 0.776. The number of carboxylic acid groups (broad SMARTS) is 1. The molecule has 0 aliphatic heterocycles. The molecule has 116 valence electrons. The second kappa shape index (κ2) is 6.13. The standard InChI is InChI=1S/C14H19NO5S/c1-9-6-7-10(14(17)18)8-13(9)21(19,20)15-11-4-2-3-5-12(11)16/h6-8,11-12,15-16H,2-5H2,1H3,(H,17,18)/t11-,12-/m0/s1. The molecular weight excluding hydrogens is 294 g/mol. The summed E-state index contributed by atoms with van der Waals surface area (Å²) in [6, 6.07) is 3.47. The molecule has 1 fully saturated rings. The number of rotatable bonds is 4. The van der Waals surface area contributed by atoms with Gasteiger partial charge in [0.25, 0.3) is 0 Å². The molecule has 1 aromatic rings. The lowest BCUT2D eigenvalue weighted by molar-refractivity contribution is 0.0696. The zero-order chi connectivity index (χ0) is 15.6. The van der Waals surface area contributed by atoms with E-state index < -0.39 is 28.1 Å². The lowest BCUT2D eigenvalue weighted by Gasteiger charge is -2.28. The fraction of sp³-hybridized carbons (Fsp3) is 0.500. The van der Waals surface area contributed by atoms with Crippen LogP contribution in [0.25, 0.3) is 0 Å². The Bertz CT molecular complexity index is 641. The van der Waals surface area contributed by atoms with Gasteiger partial charge in [-0.15, -0.1) is 0 Å². The third kappa shape index (κ3) is 3.61. The fourth-order valence-corrected chi connectivity index (χ4v) is 4.11. The van der Waals surface area contributed by atoms with E-state index >= 15 is 0 Å². The molecule has 7 heteroatoms. The van der Waals surface area contributed by atoms with Crippen molar-refractivity contribution in [1.29, 1.82) is 0 Å². The van der Waals surface area contributed by atoms with E-state index in [0.29, 0.717) is 18.4 Å². The molecule has 0 unspecified atom stereocenters. The molecule has 2 rings (SSSR count). The van der Waals surface area contributed by atoms with E-state index in [9.17, 15) is 18.3 Å². The first kappa shape index (κ1) is 15.9. The summed E-state index contributed by atoms with van der Waals surface area (Å²) in [5.74, 6) is -1.18. The Morgan fingerprint density at radius 1 is 1.29 bits per heavy atom. The molecule has 6 nitrogen and oxygen atoms in total. The highest BCUT2D eigenvalue weighted by molar-refractivity contribution is 7.89. The van der Waals surface area contributed by atoms with Crippen LogP contribution < -0.4 is 4.72 Å². The first-order chi connectivity index (χ1) is 9.81. The topological polar surface area (TPSA) is 104 Å². The molecule has 0 amide bonds. The van der Waals surface area contributed by atoms with E-state index in [1.54, 1.807) is 6.92 Å². The van der Waals surface area contributed by atoms with E-state index in [4.69, 9.17) is 5.11 Å². The molecule has 0 spiro atoms. The van der Waals surface area contributed by atoms with Crippen molar-refractivity contribution in [3.63, 3.8) is 0 Å². The van der Waals surface area contributed by atoms with Crippen molar-refractivity contribution in [3.8, 4) is 0 Å². The second-order valence-electron chi connectivity index (χ2n) is 5.37. The van der Waals surface area contributed by atoms with Crippen LogP contribution in [0.1, 0.15) is 41.6 Å². The normalized spacial score (nSPS) is 23.0. The Morgan fingerprint density at radius 3 is 2.57 bits per heavy atom. The summed E-state index contributed by atoms with van der Waals surface area (Å²) in [4.78, 5) is 10.9. The molecule has 2 atom stereocenters. The lowest BCUT2D eigenvalue weighted by atomic mass is 9.93. The van der Waals surface area contributed by atoms with Crippen LogP contribution in [0.3, 0.4) is 0 Å². The number of aliphatic hydroxyl groups is 1. The first-order valence-corrected chi connectivity index (χ1v) is 8.34. The predicted molar refractivity (Wildman–Crippen MR) is 76.7 cm³/mol. The molecular formula is C14H19NO5S. The maximum Gasteiger partial charge on any atom is 0.335 e. The van der Waals surface area contributed by atoms with Crippen molar-refractivity contribution in [2.24, 2.45) is 0 Å². The maximum absolute atomic E-state index is 12.4. The fourth-order valence-electron chi connectivity index (χ4n) is 2.53. The number of aromatic carboxylic acids is 1. The number of aliphatic hydroxyl groups excluding tert-OH is 1. The number of hydrogen-bond acceptors (Lipinski definition) is 4. The average Bonchev–Trinajstić information content (AvgIpc) is 2.41. The van der Waals surface area contributed by atoms with Gasteiger partial charge in [-0.25, -0.2) is 17.9 Å². The SMILES string of the molecule is Cc1ccc(C(=O)O)cc1S(=O)(=O)N[C@H]1CCCC[C@@H]1O. The molecule has 1 saturated carbocycles. The number of carboxylic acids is 1. The average molecular weight is 313 g/mol. The van der Waals surface area contributed by atoms with Gasteiger partial charge in [-0.3, -0.25) is 0 Å². The third-order valence-electron chi connectivity index (χ3n) is 3.76. The van der Waals surface area contributed by atoms with Gasteiger partial charge in [-0.2, -0.15) is 0 Å². The van der Waals surface area contributed by atoms with E-state index in [-0.39, 0.29) is 10.5 Å². The minimum atomic E-state index is -3.85. The summed E-state index contributed by atoms with van der Waals surface area (Å²) in [5, 5.41) is 18.8. The van der Waals surface area contributed by atoms with Crippen LogP contribution >= 0.6 is 0 Å². The maximum atomic E-state index is 12.4. The third-order valence-corrected chi connectivity index (χ3v) is 5.39. The summed E-state index contributed by atoms with van der Waals surface area (Å²) in [5.41, 5.74) is 0.392. The van der Waals surface area contributed by atoms with Crippen molar-refractivity contribution in [2.45, 2.75) is 49.6 Å². The van der Waals surface area contributed by atoms with Crippen molar-refractivity contribution < 1.29 is 23.4 Å². The number of benzene rings is 1. The van der Waals surface area contributed by atoms with E-state index in [2.05, 4.69) is 4.72 Å². The molecule has 21 heavy (non-hydrogen) atoms. The van der Waals surface area contributed by atoms with Crippen LogP contribution in [0, 0.1) is 6.92 Å². The highest BCUT2D eigenvalue weighted by atomic mass is 32.2. The largest absolute Gasteiger partial charge is 0.478 e. The molecule has 1 aliphatic carbocycles. The van der Waals surface area contributed by atoms with Crippen molar-refractivity contribution in [1.82, 2.24) is 4.72 Å². The molecule has 0 saturated heterocycles. The van der Waals surface area contributed by atoms with Crippen molar-refractivity contribution in [3.05, 3.63) is 29.3 Å². The van der Waals surface area contributed by atoms with Crippen LogP contribution in [-0.4, -0.2) is 36.7 Å². The van der Waals surface area contributed by atoms with E-state index in [1.807, 2.05) is 0 Å². The summed E-state index contributed by atoms with van der Waals surface area (Å²) in [6.07, 6.45) is 2.20. The summed E-state index contributed by atoms with van der Waals surface area (Å²) in [6.45, 7) is 1.61. The zero-order valence-corrected chi connectivity index (χ0v) is 12.6. The van der Waals surface area contributed by atoms with Gasteiger partial charge < -0.3 is 10.2 Å². The van der Waals surface area contributed by atoms with Gasteiger partial charge in [0.05, 0.1) is 16.6 Å². The highest BCUT2D eigenvalue weighted by Gasteiger charge is 2.29. The summed E-state index contributed by atoms with van der Waals surface area (Å²) < 4.78 is 27.4. The number of aryl methyl sites for hydroxylation is 1. The molecule has 0 aromatic heterocycles. The Hall–Kier alpha value is -1.44. The molecule has 3 N–H and O–H groups in total. The second-order valence-corrected chi connectivity index (χ2v) is 7.05. The Balaban J connectivity index is 2.30.